The standard InChI is InChI=1S/C16H18F3N3O2S.ClH/c1-20-8-3-9-21-15-5-2-4-12(18)16(15)22(25(21,23)24)14-7-6-11(17)10-13(14)19;/h2,4-7,10,20,23-24H,3,8-9H2,1H3;1H. The van der Waals surface area contributed by atoms with Crippen LogP contribution in [0.2, 0.25) is 0 Å². The van der Waals surface area contributed by atoms with E-state index in [1.54, 1.807) is 7.05 Å². The Kier molecular flexibility index (Phi) is 6.30. The lowest BCUT2D eigenvalue weighted by atomic mass is 10.2. The summed E-state index contributed by atoms with van der Waals surface area (Å²) in [5.41, 5.74) is -0.193. The maximum absolute atomic E-state index is 14.5. The molecule has 0 amide bonds. The molecular weight excluding hydrogens is 391 g/mol. The van der Waals surface area contributed by atoms with E-state index in [0.29, 0.717) is 19.0 Å². The van der Waals surface area contributed by atoms with Gasteiger partial charge in [-0.25, -0.2) is 17.5 Å². The molecule has 0 unspecified atom stereocenters. The molecule has 0 atom stereocenters. The summed E-state index contributed by atoms with van der Waals surface area (Å²) in [6.07, 6.45) is 0.558. The minimum Gasteiger partial charge on any atom is -0.320 e. The van der Waals surface area contributed by atoms with Gasteiger partial charge < -0.3 is 5.32 Å². The van der Waals surface area contributed by atoms with Crippen LogP contribution in [0.4, 0.5) is 30.2 Å². The fourth-order valence-electron chi connectivity index (χ4n) is 2.80. The second kappa shape index (κ2) is 7.93. The predicted octanol–water partition coefficient (Wildman–Crippen LogP) is 4.67. The van der Waals surface area contributed by atoms with Gasteiger partial charge in [-0.1, -0.05) is 6.07 Å². The van der Waals surface area contributed by atoms with Crippen LogP contribution in [0.15, 0.2) is 36.4 Å². The number of para-hydroxylation sites is 1. The molecule has 1 heterocycles. The van der Waals surface area contributed by atoms with Crippen molar-refractivity contribution in [2.45, 2.75) is 6.42 Å². The molecule has 2 aromatic carbocycles. The minimum absolute atomic E-state index is 0. The van der Waals surface area contributed by atoms with E-state index in [2.05, 4.69) is 5.32 Å². The molecule has 0 saturated heterocycles. The lowest BCUT2D eigenvalue weighted by molar-refractivity contribution is 0.481. The maximum atomic E-state index is 14.5. The van der Waals surface area contributed by atoms with E-state index in [4.69, 9.17) is 0 Å². The van der Waals surface area contributed by atoms with Gasteiger partial charge >= 0.3 is 0 Å². The Balaban J connectivity index is 0.00000243. The summed E-state index contributed by atoms with van der Waals surface area (Å²) in [5, 5.41) is 2.94. The van der Waals surface area contributed by atoms with Gasteiger partial charge in [0.1, 0.15) is 17.2 Å². The summed E-state index contributed by atoms with van der Waals surface area (Å²) in [5.74, 6) is -2.54. The molecule has 144 valence electrons. The van der Waals surface area contributed by atoms with Crippen LogP contribution in [-0.4, -0.2) is 29.2 Å². The van der Waals surface area contributed by atoms with E-state index >= 15 is 0 Å². The lowest BCUT2D eigenvalue weighted by Crippen LogP contribution is -2.33. The van der Waals surface area contributed by atoms with Crippen LogP contribution < -0.4 is 13.9 Å². The number of nitrogens with zero attached hydrogens (tertiary/aromatic N) is 2. The first-order chi connectivity index (χ1) is 11.9. The third kappa shape index (κ3) is 3.45. The fraction of sp³-hybridized carbons (Fsp3) is 0.250. The van der Waals surface area contributed by atoms with Gasteiger partial charge in [0.15, 0.2) is 11.6 Å². The van der Waals surface area contributed by atoms with Gasteiger partial charge in [0.2, 0.25) is 0 Å². The Bertz CT molecular complexity index is 797. The van der Waals surface area contributed by atoms with Crippen molar-refractivity contribution >= 4 is 40.4 Å². The second-order valence-corrected chi connectivity index (χ2v) is 7.33. The summed E-state index contributed by atoms with van der Waals surface area (Å²) in [6.45, 7) is 0.834. The molecule has 3 N–H and O–H groups in total. The van der Waals surface area contributed by atoms with Gasteiger partial charge in [0, 0.05) is 12.6 Å². The fourth-order valence-corrected chi connectivity index (χ4v) is 4.62. The summed E-state index contributed by atoms with van der Waals surface area (Å²) in [4.78, 5) is 0. The van der Waals surface area contributed by atoms with Gasteiger partial charge in [0.25, 0.3) is 0 Å². The van der Waals surface area contributed by atoms with E-state index in [9.17, 15) is 22.3 Å². The monoisotopic (exact) mass is 409 g/mol. The molecular formula is C16H19ClF3N3O2S. The summed E-state index contributed by atoms with van der Waals surface area (Å²) in [7, 11) is -1.98. The Hall–Kier alpha value is -1.65. The molecule has 10 heteroatoms. The van der Waals surface area contributed by atoms with Crippen molar-refractivity contribution in [2.75, 3.05) is 28.7 Å². The van der Waals surface area contributed by atoms with Gasteiger partial charge in [-0.3, -0.25) is 13.4 Å². The van der Waals surface area contributed by atoms with Crippen LogP contribution in [0, 0.1) is 17.5 Å². The molecule has 0 aromatic heterocycles. The number of fused-ring (bicyclic) bond motifs is 1. The van der Waals surface area contributed by atoms with Crippen LogP contribution in [0.3, 0.4) is 0 Å². The normalized spacial score (nSPS) is 16.2. The van der Waals surface area contributed by atoms with Crippen molar-refractivity contribution in [1.82, 2.24) is 5.32 Å². The quantitative estimate of drug-likeness (QED) is 0.626. The number of rotatable bonds is 5. The molecule has 0 aliphatic carbocycles. The largest absolute Gasteiger partial charge is 0.320 e. The van der Waals surface area contributed by atoms with Crippen LogP contribution in [0.1, 0.15) is 6.42 Å². The third-order valence-electron chi connectivity index (χ3n) is 3.89. The molecule has 2 aromatic rings. The zero-order valence-electron chi connectivity index (χ0n) is 13.8. The molecule has 26 heavy (non-hydrogen) atoms. The van der Waals surface area contributed by atoms with Gasteiger partial charge in [-0.05, 0) is 55.2 Å². The third-order valence-corrected chi connectivity index (χ3v) is 5.73. The van der Waals surface area contributed by atoms with Crippen LogP contribution >= 0.6 is 23.4 Å². The Labute approximate surface area is 157 Å². The Morgan fingerprint density at radius 3 is 2.42 bits per heavy atom. The van der Waals surface area contributed by atoms with Crippen molar-refractivity contribution in [3.63, 3.8) is 0 Å². The molecule has 1 aliphatic heterocycles. The second-order valence-electron chi connectivity index (χ2n) is 5.55. The first-order valence-electron chi connectivity index (χ1n) is 7.62. The van der Waals surface area contributed by atoms with E-state index in [0.717, 1.165) is 22.5 Å². The van der Waals surface area contributed by atoms with Crippen LogP contribution in [0.25, 0.3) is 0 Å². The number of hydrogen-bond donors (Lipinski definition) is 3. The molecule has 0 bridgehead atoms. The highest BCUT2D eigenvalue weighted by molar-refractivity contribution is 8.27. The molecule has 1 aliphatic rings. The predicted molar refractivity (Wildman–Crippen MR) is 101 cm³/mol. The molecule has 0 spiro atoms. The van der Waals surface area contributed by atoms with Gasteiger partial charge in [-0.15, -0.1) is 12.4 Å². The van der Waals surface area contributed by atoms with Crippen molar-refractivity contribution in [2.24, 2.45) is 0 Å². The first-order valence-corrected chi connectivity index (χ1v) is 9.08. The first kappa shape index (κ1) is 20.7. The highest BCUT2D eigenvalue weighted by Gasteiger charge is 2.44. The molecule has 0 saturated carbocycles. The molecule has 0 fully saturated rings. The lowest BCUT2D eigenvalue weighted by Gasteiger charge is -2.43. The summed E-state index contributed by atoms with van der Waals surface area (Å²) >= 11 is 0. The summed E-state index contributed by atoms with van der Waals surface area (Å²) in [6, 6.07) is 6.80. The zero-order chi connectivity index (χ0) is 18.2. The molecule has 5 nitrogen and oxygen atoms in total. The van der Waals surface area contributed by atoms with Crippen molar-refractivity contribution in [1.29, 1.82) is 0 Å². The maximum Gasteiger partial charge on any atom is 0.151 e. The number of nitrogens with one attached hydrogen (secondary N) is 1. The SMILES string of the molecule is CNCCCN1c2cccc(F)c2N(c2ccc(F)cc2F)S1(O)O.Cl. The van der Waals surface area contributed by atoms with Crippen LogP contribution in [0.5, 0.6) is 0 Å². The van der Waals surface area contributed by atoms with Crippen LogP contribution in [-0.2, 0) is 0 Å². The average Bonchev–Trinajstić information content (AvgIpc) is 2.77. The Morgan fingerprint density at radius 1 is 1.04 bits per heavy atom. The molecule has 3 rings (SSSR count). The van der Waals surface area contributed by atoms with Crippen molar-refractivity contribution in [3.05, 3.63) is 53.8 Å². The number of halogens is 4. The van der Waals surface area contributed by atoms with Gasteiger partial charge in [-0.2, -0.15) is 0 Å². The smallest absolute Gasteiger partial charge is 0.151 e. The number of benzene rings is 2. The van der Waals surface area contributed by atoms with Crippen molar-refractivity contribution < 1.29 is 22.3 Å². The van der Waals surface area contributed by atoms with Crippen molar-refractivity contribution in [3.8, 4) is 0 Å². The van der Waals surface area contributed by atoms with E-state index in [1.807, 2.05) is 0 Å². The highest BCUT2D eigenvalue weighted by Crippen LogP contribution is 2.65. The highest BCUT2D eigenvalue weighted by atomic mass is 35.5. The Morgan fingerprint density at radius 2 is 1.77 bits per heavy atom. The minimum atomic E-state index is -3.74. The topological polar surface area (TPSA) is 59.0 Å². The average molecular weight is 410 g/mol. The number of anilines is 3. The molecule has 0 radical (unpaired) electrons. The van der Waals surface area contributed by atoms with E-state index in [-0.39, 0.29) is 36.0 Å². The van der Waals surface area contributed by atoms with Gasteiger partial charge in [0.05, 0.1) is 5.69 Å². The number of hydrogen-bond acceptors (Lipinski definition) is 5. The van der Waals surface area contributed by atoms with E-state index in [1.165, 1.54) is 16.4 Å². The zero-order valence-corrected chi connectivity index (χ0v) is 15.5. The summed E-state index contributed by atoms with van der Waals surface area (Å²) < 4.78 is 65.5. The van der Waals surface area contributed by atoms with E-state index < -0.39 is 28.4 Å².